The van der Waals surface area contributed by atoms with Gasteiger partial charge in [0, 0.05) is 37.0 Å². The molecule has 17 nitrogen and oxygen atoms in total. The second kappa shape index (κ2) is 22.0. The zero-order valence-electron chi connectivity index (χ0n) is 35.1. The largest absolute Gasteiger partial charge is 0.508 e. The predicted octanol–water partition coefficient (Wildman–Crippen LogP) is 1.93. The second-order valence-corrected chi connectivity index (χ2v) is 15.5. The summed E-state index contributed by atoms with van der Waals surface area (Å²) in [4.78, 5) is 97.6. The van der Waals surface area contributed by atoms with Gasteiger partial charge >= 0.3 is 5.97 Å². The average Bonchev–Trinajstić information content (AvgIpc) is 3.67. The Morgan fingerprint density at radius 2 is 1.38 bits per heavy atom. The van der Waals surface area contributed by atoms with E-state index in [2.05, 4.69) is 26.3 Å². The van der Waals surface area contributed by atoms with Gasteiger partial charge in [0.25, 0.3) is 0 Å². The molecule has 0 saturated carbocycles. The van der Waals surface area contributed by atoms with E-state index in [0.717, 1.165) is 26.6 Å². The van der Waals surface area contributed by atoms with E-state index in [1.165, 1.54) is 19.2 Å². The maximum atomic E-state index is 14.5. The van der Waals surface area contributed by atoms with Crippen LogP contribution >= 0.6 is 0 Å². The lowest BCUT2D eigenvalue weighted by Gasteiger charge is -2.32. The molecule has 0 unspecified atom stereocenters. The van der Waals surface area contributed by atoms with Crippen molar-refractivity contribution in [3.63, 3.8) is 0 Å². The summed E-state index contributed by atoms with van der Waals surface area (Å²) in [6.45, 7) is 1.35. The van der Waals surface area contributed by atoms with Crippen molar-refractivity contribution in [3.8, 4) is 5.75 Å². The molecule has 63 heavy (non-hydrogen) atoms. The number of likely N-dealkylation sites (N-methyl/N-ethyl adjacent to an activating group) is 1. The highest BCUT2D eigenvalue weighted by atomic mass is 16.4. The lowest BCUT2D eigenvalue weighted by Crippen LogP contribution is -2.59. The van der Waals surface area contributed by atoms with Gasteiger partial charge in [-0.2, -0.15) is 0 Å². The molecule has 332 valence electrons. The van der Waals surface area contributed by atoms with E-state index in [1.807, 2.05) is 61.5 Å². The van der Waals surface area contributed by atoms with E-state index < -0.39 is 84.6 Å². The number of primary amides is 1. The number of aromatic hydroxyl groups is 1. The van der Waals surface area contributed by atoms with Crippen LogP contribution in [0, 0.1) is 0 Å². The van der Waals surface area contributed by atoms with Crippen molar-refractivity contribution in [2.75, 3.05) is 13.6 Å². The Kier molecular flexibility index (Phi) is 16.3. The first-order valence-corrected chi connectivity index (χ1v) is 20.7. The quantitative estimate of drug-likeness (QED) is 0.0488. The monoisotopic (exact) mass is 862 g/mol. The number of amides is 6. The summed E-state index contributed by atoms with van der Waals surface area (Å²) in [6, 6.07) is 20.0. The topological polar surface area (TPSA) is 279 Å². The molecule has 1 heterocycles. The molecule has 0 spiro atoms. The van der Waals surface area contributed by atoms with E-state index in [4.69, 9.17) is 11.5 Å². The Morgan fingerprint density at radius 1 is 0.730 bits per heavy atom. The van der Waals surface area contributed by atoms with Crippen molar-refractivity contribution in [2.45, 2.75) is 82.1 Å². The Labute approximate surface area is 364 Å². The van der Waals surface area contributed by atoms with E-state index in [0.29, 0.717) is 29.5 Å². The molecule has 1 aromatic heterocycles. The molecule has 0 radical (unpaired) electrons. The van der Waals surface area contributed by atoms with Gasteiger partial charge in [-0.1, -0.05) is 92.6 Å². The molecular formula is C46H54N8O9. The molecule has 5 atom stereocenters. The number of carbonyl (C=O) groups is 7. The van der Waals surface area contributed by atoms with Crippen LogP contribution in [0.5, 0.6) is 5.75 Å². The number of phenols is 1. The number of carbonyl (C=O) groups excluding carboxylic acids is 6. The minimum absolute atomic E-state index is 0.00758. The standard InChI is InChI=1S/C46H54N8O9/c1-3-4-16-39(45(62)53-37(24-41(57)58)44(61)52-36(42(48)59)22-29-12-9-11-28-10-5-6-13-32(28)29)54(2)46(63)38(23-30-25-49-35-15-8-7-14-33(30)35)51-40(56)26-50-43(60)34(47)21-27-17-19-31(55)20-18-27/h5-15,17-20,25,34,36-39,49,55H,3-4,16,21-24,26,47H2,1-2H3,(H2,48,59)(H,50,60)(H,51,56)(H,52,61)(H,53,62)(H,57,58)/t34-,36-,37-,38-,39-/m0/s1. The van der Waals surface area contributed by atoms with Gasteiger partial charge in [-0.25, -0.2) is 0 Å². The Hall–Kier alpha value is -7.27. The summed E-state index contributed by atoms with van der Waals surface area (Å²) in [5.74, 6) is -6.05. The number of rotatable bonds is 22. The lowest BCUT2D eigenvalue weighted by atomic mass is 9.98. The van der Waals surface area contributed by atoms with E-state index in [1.54, 1.807) is 30.5 Å². The normalized spacial score (nSPS) is 13.5. The van der Waals surface area contributed by atoms with Crippen LogP contribution < -0.4 is 32.7 Å². The minimum atomic E-state index is -1.66. The van der Waals surface area contributed by atoms with E-state index in [-0.39, 0.29) is 31.4 Å². The second-order valence-electron chi connectivity index (χ2n) is 15.5. The Bertz CT molecular complexity index is 2430. The zero-order chi connectivity index (χ0) is 45.6. The fraction of sp³-hybridized carbons (Fsp3) is 0.326. The van der Waals surface area contributed by atoms with Crippen molar-refractivity contribution >= 4 is 63.1 Å². The zero-order valence-corrected chi connectivity index (χ0v) is 35.1. The Morgan fingerprint density at radius 3 is 2.08 bits per heavy atom. The number of unbranched alkanes of at least 4 members (excludes halogenated alkanes) is 1. The molecule has 0 fully saturated rings. The minimum Gasteiger partial charge on any atom is -0.508 e. The number of phenolic OH excluding ortho intramolecular Hbond substituents is 1. The number of carboxylic acids is 1. The van der Waals surface area contributed by atoms with Crippen LogP contribution in [0.15, 0.2) is 97.2 Å². The third kappa shape index (κ3) is 12.9. The highest BCUT2D eigenvalue weighted by molar-refractivity contribution is 5.98. The summed E-state index contributed by atoms with van der Waals surface area (Å²) in [5.41, 5.74) is 14.7. The summed E-state index contributed by atoms with van der Waals surface area (Å²) in [7, 11) is 1.38. The van der Waals surface area contributed by atoms with Crippen molar-refractivity contribution in [1.82, 2.24) is 31.2 Å². The third-order valence-corrected chi connectivity index (χ3v) is 10.8. The number of nitrogens with one attached hydrogen (secondary N) is 5. The number of aromatic amines is 1. The fourth-order valence-electron chi connectivity index (χ4n) is 7.38. The summed E-state index contributed by atoms with van der Waals surface area (Å²) in [6.07, 6.45) is 2.14. The van der Waals surface area contributed by atoms with Crippen LogP contribution in [0.4, 0.5) is 0 Å². The van der Waals surface area contributed by atoms with Crippen molar-refractivity contribution < 1.29 is 43.8 Å². The highest BCUT2D eigenvalue weighted by Gasteiger charge is 2.35. The number of nitrogens with zero attached hydrogens (tertiary/aromatic N) is 1. The summed E-state index contributed by atoms with van der Waals surface area (Å²) < 4.78 is 0. The molecule has 5 aromatic rings. The maximum Gasteiger partial charge on any atom is 0.305 e. The number of carboxylic acid groups (broad SMARTS) is 1. The predicted molar refractivity (Wildman–Crippen MR) is 236 cm³/mol. The van der Waals surface area contributed by atoms with Gasteiger partial charge in [-0.3, -0.25) is 33.6 Å². The third-order valence-electron chi connectivity index (χ3n) is 10.8. The van der Waals surface area contributed by atoms with Crippen molar-refractivity contribution in [2.24, 2.45) is 11.5 Å². The molecule has 17 heteroatoms. The van der Waals surface area contributed by atoms with Gasteiger partial charge in [0.1, 0.15) is 29.9 Å². The number of aliphatic carboxylic acids is 1. The van der Waals surface area contributed by atoms with Gasteiger partial charge in [0.2, 0.25) is 35.4 Å². The average molecular weight is 863 g/mol. The van der Waals surface area contributed by atoms with E-state index in [9.17, 15) is 43.8 Å². The van der Waals surface area contributed by atoms with Crippen LogP contribution in [0.2, 0.25) is 0 Å². The van der Waals surface area contributed by atoms with Gasteiger partial charge in [-0.05, 0) is 58.5 Å². The molecule has 0 aliphatic rings. The molecule has 6 amide bonds. The van der Waals surface area contributed by atoms with E-state index >= 15 is 0 Å². The lowest BCUT2D eigenvalue weighted by molar-refractivity contribution is -0.144. The maximum absolute atomic E-state index is 14.5. The molecule has 4 aromatic carbocycles. The van der Waals surface area contributed by atoms with Crippen LogP contribution in [-0.2, 0) is 52.8 Å². The van der Waals surface area contributed by atoms with Crippen LogP contribution in [0.1, 0.15) is 49.3 Å². The highest BCUT2D eigenvalue weighted by Crippen LogP contribution is 2.22. The Balaban J connectivity index is 1.33. The summed E-state index contributed by atoms with van der Waals surface area (Å²) >= 11 is 0. The number of aromatic nitrogens is 1. The van der Waals surface area contributed by atoms with Crippen molar-refractivity contribution in [3.05, 3.63) is 114 Å². The smallest absolute Gasteiger partial charge is 0.305 e. The number of hydrogen-bond donors (Lipinski definition) is 9. The van der Waals surface area contributed by atoms with Gasteiger partial charge in [0.05, 0.1) is 19.0 Å². The fourth-order valence-corrected chi connectivity index (χ4v) is 7.38. The first-order valence-electron chi connectivity index (χ1n) is 20.7. The summed E-state index contributed by atoms with van der Waals surface area (Å²) in [5, 5.41) is 32.1. The number of benzene rings is 4. The number of nitrogens with two attached hydrogens (primary N) is 2. The molecule has 0 aliphatic carbocycles. The van der Waals surface area contributed by atoms with Gasteiger partial charge < -0.3 is 52.8 Å². The SMILES string of the molecule is CCCC[C@@H](C(=O)N[C@@H](CC(=O)O)C(=O)N[C@@H](Cc1cccc2ccccc12)C(N)=O)N(C)C(=O)[C@H](Cc1c[nH]c2ccccc12)NC(=O)CNC(=O)[C@@H](N)Cc1ccc(O)cc1. The number of H-pyrrole nitrogens is 1. The number of para-hydroxylation sites is 1. The van der Waals surface area contributed by atoms with Crippen LogP contribution in [0.3, 0.4) is 0 Å². The molecule has 5 rings (SSSR count). The number of hydrogen-bond acceptors (Lipinski definition) is 9. The first kappa shape index (κ1) is 46.8. The number of fused-ring (bicyclic) bond motifs is 2. The molecule has 0 saturated heterocycles. The van der Waals surface area contributed by atoms with Gasteiger partial charge in [0.15, 0.2) is 0 Å². The molecular weight excluding hydrogens is 809 g/mol. The van der Waals surface area contributed by atoms with Crippen LogP contribution in [-0.4, -0.2) is 105 Å². The first-order chi connectivity index (χ1) is 30.1. The molecule has 0 bridgehead atoms. The van der Waals surface area contributed by atoms with Crippen LogP contribution in [0.25, 0.3) is 21.7 Å². The van der Waals surface area contributed by atoms with Gasteiger partial charge in [-0.15, -0.1) is 0 Å². The van der Waals surface area contributed by atoms with Crippen molar-refractivity contribution in [1.29, 1.82) is 0 Å². The molecule has 0 aliphatic heterocycles. The molecule has 11 N–H and O–H groups in total.